The van der Waals surface area contributed by atoms with Crippen molar-refractivity contribution in [3.63, 3.8) is 0 Å². The molecule has 5 nitrogen and oxygen atoms in total. The molecule has 0 fully saturated rings. The lowest BCUT2D eigenvalue weighted by molar-refractivity contribution is -0.136. The van der Waals surface area contributed by atoms with Crippen LogP contribution in [0.1, 0.15) is 26.2 Å². The van der Waals surface area contributed by atoms with Gasteiger partial charge in [0.05, 0.1) is 12.1 Å². The summed E-state index contributed by atoms with van der Waals surface area (Å²) in [4.78, 5) is 27.8. The highest BCUT2D eigenvalue weighted by atomic mass is 35.5. The third-order valence-electron chi connectivity index (χ3n) is 2.34. The molecule has 1 aromatic heterocycles. The first kappa shape index (κ1) is 14.4. The molecule has 1 rings (SSSR count). The monoisotopic (exact) mass is 270 g/mol. The minimum Gasteiger partial charge on any atom is -0.481 e. The molecule has 0 aliphatic rings. The maximum absolute atomic E-state index is 12.0. The number of aliphatic carboxylic acids is 1. The molecule has 0 atom stereocenters. The van der Waals surface area contributed by atoms with E-state index in [-0.39, 0.29) is 24.0 Å². The third-order valence-corrected chi connectivity index (χ3v) is 2.64. The summed E-state index contributed by atoms with van der Waals surface area (Å²) in [7, 11) is 0. The van der Waals surface area contributed by atoms with Crippen molar-refractivity contribution in [2.24, 2.45) is 0 Å². The molecule has 0 bridgehead atoms. The number of carbonyl (C=O) groups is 2. The van der Waals surface area contributed by atoms with Crippen LogP contribution in [0.4, 0.5) is 5.69 Å². The number of carboxylic acid groups (broad SMARTS) is 1. The molecule has 1 N–H and O–H groups in total. The van der Waals surface area contributed by atoms with Gasteiger partial charge in [-0.25, -0.2) is 4.98 Å². The van der Waals surface area contributed by atoms with Crippen LogP contribution in [0.3, 0.4) is 0 Å². The van der Waals surface area contributed by atoms with E-state index in [1.54, 1.807) is 12.1 Å². The summed E-state index contributed by atoms with van der Waals surface area (Å²) in [6.07, 6.45) is 2.44. The molecule has 0 saturated carbocycles. The molecule has 0 aliphatic carbocycles. The molecule has 1 aromatic rings. The lowest BCUT2D eigenvalue weighted by Crippen LogP contribution is -2.33. The maximum Gasteiger partial charge on any atom is 0.305 e. The molecule has 0 spiro atoms. The van der Waals surface area contributed by atoms with E-state index in [0.717, 1.165) is 0 Å². The summed E-state index contributed by atoms with van der Waals surface area (Å²) >= 11 is 5.93. The maximum atomic E-state index is 12.0. The number of halogens is 1. The zero-order valence-electron chi connectivity index (χ0n) is 10.1. The highest BCUT2D eigenvalue weighted by Gasteiger charge is 2.18. The van der Waals surface area contributed by atoms with E-state index in [4.69, 9.17) is 16.7 Å². The van der Waals surface area contributed by atoms with Crippen LogP contribution in [0.15, 0.2) is 18.3 Å². The van der Waals surface area contributed by atoms with Crippen molar-refractivity contribution in [3.05, 3.63) is 23.5 Å². The number of anilines is 1. The van der Waals surface area contributed by atoms with Gasteiger partial charge in [0, 0.05) is 19.2 Å². The lowest BCUT2D eigenvalue weighted by Gasteiger charge is -2.22. The lowest BCUT2D eigenvalue weighted by atomic mass is 10.2. The summed E-state index contributed by atoms with van der Waals surface area (Å²) in [5, 5.41) is 8.90. The van der Waals surface area contributed by atoms with Gasteiger partial charge in [0.2, 0.25) is 5.91 Å². The molecular formula is C12H15ClN2O3. The molecule has 18 heavy (non-hydrogen) atoms. The van der Waals surface area contributed by atoms with Crippen LogP contribution in [0.25, 0.3) is 0 Å². The number of nitrogens with zero attached hydrogens (tertiary/aromatic N) is 2. The standard InChI is InChI=1S/C12H15ClN2O3/c1-2-4-10(16)15(8-6-11(17)18)9-5-3-7-14-12(9)13/h3,5,7H,2,4,6,8H2,1H3,(H,17,18). The van der Waals surface area contributed by atoms with Gasteiger partial charge in [0.25, 0.3) is 0 Å². The fraction of sp³-hybridized carbons (Fsp3) is 0.417. The molecule has 0 aliphatic heterocycles. The van der Waals surface area contributed by atoms with Crippen molar-refractivity contribution in [2.45, 2.75) is 26.2 Å². The Balaban J connectivity index is 2.93. The van der Waals surface area contributed by atoms with E-state index in [1.165, 1.54) is 11.1 Å². The Kier molecular flexibility index (Phi) is 5.58. The van der Waals surface area contributed by atoms with E-state index in [0.29, 0.717) is 18.5 Å². The predicted octanol–water partition coefficient (Wildman–Crippen LogP) is 2.34. The van der Waals surface area contributed by atoms with Gasteiger partial charge in [0.1, 0.15) is 0 Å². The number of pyridine rings is 1. The van der Waals surface area contributed by atoms with Crippen molar-refractivity contribution in [3.8, 4) is 0 Å². The second-order valence-corrected chi connectivity index (χ2v) is 4.11. The molecular weight excluding hydrogens is 256 g/mol. The summed E-state index contributed by atoms with van der Waals surface area (Å²) < 4.78 is 0. The topological polar surface area (TPSA) is 70.5 Å². The van der Waals surface area contributed by atoms with E-state index in [9.17, 15) is 9.59 Å². The summed E-state index contributed by atoms with van der Waals surface area (Å²) in [6, 6.07) is 3.32. The third kappa shape index (κ3) is 4.00. The summed E-state index contributed by atoms with van der Waals surface area (Å²) in [6.45, 7) is 1.98. The Hall–Kier alpha value is -1.62. The Morgan fingerprint density at radius 2 is 2.17 bits per heavy atom. The highest BCUT2D eigenvalue weighted by Crippen LogP contribution is 2.24. The van der Waals surface area contributed by atoms with Crippen molar-refractivity contribution in [1.29, 1.82) is 0 Å². The molecule has 1 heterocycles. The first-order chi connectivity index (χ1) is 8.56. The fourth-order valence-electron chi connectivity index (χ4n) is 1.51. The van der Waals surface area contributed by atoms with Crippen molar-refractivity contribution >= 4 is 29.2 Å². The van der Waals surface area contributed by atoms with Crippen LogP contribution in [-0.2, 0) is 9.59 Å². The predicted molar refractivity (Wildman–Crippen MR) is 68.8 cm³/mol. The number of amides is 1. The quantitative estimate of drug-likeness (QED) is 0.806. The largest absolute Gasteiger partial charge is 0.481 e. The van der Waals surface area contributed by atoms with Gasteiger partial charge in [-0.05, 0) is 18.6 Å². The van der Waals surface area contributed by atoms with Gasteiger partial charge >= 0.3 is 5.97 Å². The molecule has 0 aromatic carbocycles. The van der Waals surface area contributed by atoms with Crippen LogP contribution in [0.2, 0.25) is 5.15 Å². The van der Waals surface area contributed by atoms with E-state index in [2.05, 4.69) is 4.98 Å². The van der Waals surface area contributed by atoms with Gasteiger partial charge in [-0.2, -0.15) is 0 Å². The van der Waals surface area contributed by atoms with Crippen molar-refractivity contribution in [2.75, 3.05) is 11.4 Å². The van der Waals surface area contributed by atoms with Crippen LogP contribution in [0, 0.1) is 0 Å². The summed E-state index contributed by atoms with van der Waals surface area (Å²) in [5.41, 5.74) is 0.457. The van der Waals surface area contributed by atoms with Gasteiger partial charge in [0.15, 0.2) is 5.15 Å². The number of hydrogen-bond donors (Lipinski definition) is 1. The number of rotatable bonds is 6. The van der Waals surface area contributed by atoms with Gasteiger partial charge in [-0.15, -0.1) is 0 Å². The van der Waals surface area contributed by atoms with Crippen LogP contribution in [0.5, 0.6) is 0 Å². The van der Waals surface area contributed by atoms with Crippen LogP contribution < -0.4 is 4.90 Å². The minimum absolute atomic E-state index is 0.0968. The average Bonchev–Trinajstić information content (AvgIpc) is 2.31. The molecule has 0 radical (unpaired) electrons. The Bertz CT molecular complexity index is 437. The second-order valence-electron chi connectivity index (χ2n) is 3.75. The van der Waals surface area contributed by atoms with Crippen LogP contribution >= 0.6 is 11.6 Å². The van der Waals surface area contributed by atoms with Gasteiger partial charge in [-0.1, -0.05) is 18.5 Å². The first-order valence-electron chi connectivity index (χ1n) is 5.69. The minimum atomic E-state index is -0.954. The number of hydrogen-bond acceptors (Lipinski definition) is 3. The molecule has 98 valence electrons. The molecule has 0 unspecified atom stereocenters. The Morgan fingerprint density at radius 1 is 1.44 bits per heavy atom. The number of aromatic nitrogens is 1. The van der Waals surface area contributed by atoms with Gasteiger partial charge < -0.3 is 10.0 Å². The molecule has 0 saturated heterocycles. The van der Waals surface area contributed by atoms with Crippen molar-refractivity contribution < 1.29 is 14.7 Å². The Labute approximate surface area is 110 Å². The first-order valence-corrected chi connectivity index (χ1v) is 6.06. The Morgan fingerprint density at radius 3 is 2.72 bits per heavy atom. The number of carbonyl (C=O) groups excluding carboxylic acids is 1. The highest BCUT2D eigenvalue weighted by molar-refractivity contribution is 6.32. The van der Waals surface area contributed by atoms with E-state index >= 15 is 0 Å². The van der Waals surface area contributed by atoms with Gasteiger partial charge in [-0.3, -0.25) is 9.59 Å². The van der Waals surface area contributed by atoms with Crippen LogP contribution in [-0.4, -0.2) is 28.5 Å². The zero-order chi connectivity index (χ0) is 13.5. The normalized spacial score (nSPS) is 10.1. The second kappa shape index (κ2) is 6.96. The fourth-order valence-corrected chi connectivity index (χ4v) is 1.74. The SMILES string of the molecule is CCCC(=O)N(CCC(=O)O)c1cccnc1Cl. The van der Waals surface area contributed by atoms with E-state index < -0.39 is 5.97 Å². The average molecular weight is 271 g/mol. The number of carboxylic acids is 1. The smallest absolute Gasteiger partial charge is 0.305 e. The summed E-state index contributed by atoms with van der Waals surface area (Å²) in [5.74, 6) is -1.10. The zero-order valence-corrected chi connectivity index (χ0v) is 10.9. The van der Waals surface area contributed by atoms with Crippen molar-refractivity contribution in [1.82, 2.24) is 4.98 Å². The molecule has 6 heteroatoms. The van der Waals surface area contributed by atoms with E-state index in [1.807, 2.05) is 6.92 Å². The molecule has 1 amide bonds.